The van der Waals surface area contributed by atoms with Crippen LogP contribution in [-0.4, -0.2) is 93.9 Å². The van der Waals surface area contributed by atoms with Crippen molar-refractivity contribution in [3.63, 3.8) is 0 Å². The molecule has 0 bridgehead atoms. The number of oxime groups is 1. The van der Waals surface area contributed by atoms with Crippen LogP contribution in [0.2, 0.25) is 5.02 Å². The van der Waals surface area contributed by atoms with Crippen molar-refractivity contribution < 1.29 is 53.4 Å². The van der Waals surface area contributed by atoms with Crippen LogP contribution in [0.25, 0.3) is 6.08 Å². The van der Waals surface area contributed by atoms with Crippen molar-refractivity contribution in [2.75, 3.05) is 6.79 Å². The standard InChI is InChI=1S/C30H34ClFN2O10/c1-14(30(39)33-23-24(36)26(38)29-28(25(23)37)40-13-41-29)8-16-6-7-21(19(32)10-16)43-22-11-20(35)27(44-22)15(2)34-42-12-17-4-3-5-18(31)9-17/h3-10,20,22-29,35-38H,11-13H2,1-2H3,(H,33,39)/t20-,22+,23+,24-,25+,26+,27+,28-,29+/m0/s1. The molecule has 14 heteroatoms. The lowest BCUT2D eigenvalue weighted by Crippen LogP contribution is -2.67. The molecule has 1 aliphatic carbocycles. The maximum atomic E-state index is 15.0. The molecule has 5 rings (SSSR count). The van der Waals surface area contributed by atoms with Crippen molar-refractivity contribution in [1.82, 2.24) is 5.32 Å². The number of halogens is 2. The van der Waals surface area contributed by atoms with E-state index in [-0.39, 0.29) is 31.1 Å². The highest BCUT2D eigenvalue weighted by molar-refractivity contribution is 6.30. The maximum Gasteiger partial charge on any atom is 0.247 e. The van der Waals surface area contributed by atoms with Crippen LogP contribution in [0.4, 0.5) is 4.39 Å². The molecule has 3 fully saturated rings. The van der Waals surface area contributed by atoms with Gasteiger partial charge >= 0.3 is 0 Å². The van der Waals surface area contributed by atoms with Gasteiger partial charge in [-0.3, -0.25) is 4.79 Å². The highest BCUT2D eigenvalue weighted by Gasteiger charge is 2.53. The molecular formula is C30H34ClFN2O10. The Morgan fingerprint density at radius 1 is 1.09 bits per heavy atom. The third-order valence-corrected chi connectivity index (χ3v) is 7.91. The molecule has 2 aliphatic heterocycles. The fourth-order valence-corrected chi connectivity index (χ4v) is 5.56. The lowest BCUT2D eigenvalue weighted by molar-refractivity contribution is -0.155. The fourth-order valence-electron chi connectivity index (χ4n) is 5.35. The van der Waals surface area contributed by atoms with Gasteiger partial charge in [-0.25, -0.2) is 4.39 Å². The van der Waals surface area contributed by atoms with Crippen LogP contribution >= 0.6 is 11.6 Å². The molecule has 12 nitrogen and oxygen atoms in total. The predicted octanol–water partition coefficient (Wildman–Crippen LogP) is 1.65. The number of aliphatic hydroxyl groups is 4. The van der Waals surface area contributed by atoms with Crippen molar-refractivity contribution >= 4 is 29.3 Å². The van der Waals surface area contributed by atoms with Gasteiger partial charge in [-0.2, -0.15) is 0 Å². The first-order chi connectivity index (χ1) is 21.0. The van der Waals surface area contributed by atoms with E-state index in [0.29, 0.717) is 16.3 Å². The number of hydrogen-bond acceptors (Lipinski definition) is 11. The largest absolute Gasteiger partial charge is 0.462 e. The number of nitrogens with zero attached hydrogens (tertiary/aromatic N) is 1. The summed E-state index contributed by atoms with van der Waals surface area (Å²) in [5.41, 5.74) is 1.69. The Labute approximate surface area is 257 Å². The van der Waals surface area contributed by atoms with Crippen LogP contribution in [0, 0.1) is 5.82 Å². The quantitative estimate of drug-likeness (QED) is 0.155. The SMILES string of the molecule is CC(=Cc1ccc(O[C@H]2C[C@H](O)[C@@H](C(C)=NOCc3cccc(Cl)c3)O2)c(F)c1)C(=O)N[C@@H]1[C@H](O)[C@@H](O)[C@H]2OCO[C@H]2[C@@H]1O. The lowest BCUT2D eigenvalue weighted by Gasteiger charge is -2.41. The summed E-state index contributed by atoms with van der Waals surface area (Å²) in [5.74, 6) is -1.49. The Hall–Kier alpha value is -3.14. The number of hydrogen-bond donors (Lipinski definition) is 5. The highest BCUT2D eigenvalue weighted by atomic mass is 35.5. The van der Waals surface area contributed by atoms with E-state index in [1.165, 1.54) is 25.1 Å². The normalized spacial score (nSPS) is 32.3. The molecule has 5 N–H and O–H groups in total. The first kappa shape index (κ1) is 32.3. The van der Waals surface area contributed by atoms with Crippen LogP contribution in [0.1, 0.15) is 31.4 Å². The van der Waals surface area contributed by atoms with E-state index in [1.54, 1.807) is 25.1 Å². The summed E-state index contributed by atoms with van der Waals surface area (Å²) >= 11 is 5.97. The molecule has 3 aliphatic rings. The average molecular weight is 637 g/mol. The second kappa shape index (κ2) is 13.9. The number of rotatable bonds is 9. The second-order valence-corrected chi connectivity index (χ2v) is 11.3. The van der Waals surface area contributed by atoms with E-state index in [4.69, 9.17) is 35.4 Å². The molecule has 238 valence electrons. The molecule has 2 saturated heterocycles. The number of ether oxygens (including phenoxy) is 4. The number of carbonyl (C=O) groups excluding carboxylic acids is 1. The van der Waals surface area contributed by atoms with Crippen LogP contribution in [0.5, 0.6) is 5.75 Å². The molecule has 0 unspecified atom stereocenters. The lowest BCUT2D eigenvalue weighted by atomic mass is 9.83. The van der Waals surface area contributed by atoms with Gasteiger partial charge < -0.3 is 49.5 Å². The van der Waals surface area contributed by atoms with Gasteiger partial charge in [0.15, 0.2) is 11.6 Å². The summed E-state index contributed by atoms with van der Waals surface area (Å²) < 4.78 is 36.9. The molecule has 44 heavy (non-hydrogen) atoms. The third-order valence-electron chi connectivity index (χ3n) is 7.68. The molecule has 0 radical (unpaired) electrons. The minimum absolute atomic E-state index is 0.0680. The van der Waals surface area contributed by atoms with E-state index in [2.05, 4.69) is 10.5 Å². The van der Waals surface area contributed by atoms with Crippen molar-refractivity contribution in [2.24, 2.45) is 5.16 Å². The van der Waals surface area contributed by atoms with E-state index < -0.39 is 66.8 Å². The highest BCUT2D eigenvalue weighted by Crippen LogP contribution is 2.31. The Bertz CT molecular complexity index is 1410. The van der Waals surface area contributed by atoms with E-state index in [9.17, 15) is 29.6 Å². The predicted molar refractivity (Wildman–Crippen MR) is 154 cm³/mol. The zero-order chi connectivity index (χ0) is 31.5. The number of fused-ring (bicyclic) bond motifs is 1. The van der Waals surface area contributed by atoms with Gasteiger partial charge in [0.05, 0.1) is 17.9 Å². The van der Waals surface area contributed by atoms with Gasteiger partial charge in [0.1, 0.15) is 50.0 Å². The average Bonchev–Trinajstić information content (AvgIpc) is 3.62. The van der Waals surface area contributed by atoms with E-state index in [0.717, 1.165) is 11.6 Å². The van der Waals surface area contributed by atoms with Gasteiger partial charge in [0.2, 0.25) is 12.2 Å². The van der Waals surface area contributed by atoms with Gasteiger partial charge in [-0.15, -0.1) is 0 Å². The number of amides is 1. The molecule has 2 aromatic rings. The third kappa shape index (κ3) is 7.22. The van der Waals surface area contributed by atoms with Crippen LogP contribution in [0.15, 0.2) is 53.2 Å². The monoisotopic (exact) mass is 636 g/mol. The summed E-state index contributed by atoms with van der Waals surface area (Å²) in [4.78, 5) is 18.2. The zero-order valence-corrected chi connectivity index (χ0v) is 24.6. The van der Waals surface area contributed by atoms with Crippen LogP contribution in [-0.2, 0) is 30.4 Å². The summed E-state index contributed by atoms with van der Waals surface area (Å²) in [6, 6.07) is 9.96. The molecule has 2 heterocycles. The number of benzene rings is 2. The van der Waals surface area contributed by atoms with Gasteiger partial charge in [-0.05, 0) is 55.3 Å². The maximum absolute atomic E-state index is 15.0. The van der Waals surface area contributed by atoms with Crippen LogP contribution < -0.4 is 10.1 Å². The van der Waals surface area contributed by atoms with Crippen molar-refractivity contribution in [2.45, 2.75) is 81.9 Å². The number of nitrogens with one attached hydrogen (secondary N) is 1. The molecular weight excluding hydrogens is 603 g/mol. The molecule has 1 saturated carbocycles. The first-order valence-corrected chi connectivity index (χ1v) is 14.4. The van der Waals surface area contributed by atoms with Crippen molar-refractivity contribution in [3.05, 3.63) is 70.0 Å². The second-order valence-electron chi connectivity index (χ2n) is 10.9. The molecule has 0 aromatic heterocycles. The smallest absolute Gasteiger partial charge is 0.247 e. The van der Waals surface area contributed by atoms with Gasteiger partial charge in [-0.1, -0.05) is 35.0 Å². The van der Waals surface area contributed by atoms with E-state index >= 15 is 0 Å². The van der Waals surface area contributed by atoms with E-state index in [1.807, 2.05) is 6.07 Å². The molecule has 1 amide bonds. The van der Waals surface area contributed by atoms with Gasteiger partial charge in [0.25, 0.3) is 0 Å². The summed E-state index contributed by atoms with van der Waals surface area (Å²) in [6.45, 7) is 3.14. The number of aliphatic hydroxyl groups excluding tert-OH is 4. The minimum atomic E-state index is -1.49. The van der Waals surface area contributed by atoms with Crippen molar-refractivity contribution in [1.29, 1.82) is 0 Å². The summed E-state index contributed by atoms with van der Waals surface area (Å²) in [7, 11) is 0. The Kier molecular flexibility index (Phi) is 10.2. The Morgan fingerprint density at radius 3 is 2.57 bits per heavy atom. The number of carbonyl (C=O) groups is 1. The Morgan fingerprint density at radius 2 is 1.84 bits per heavy atom. The molecule has 9 atom stereocenters. The van der Waals surface area contributed by atoms with Crippen LogP contribution in [0.3, 0.4) is 0 Å². The van der Waals surface area contributed by atoms with Crippen molar-refractivity contribution in [3.8, 4) is 5.75 Å². The minimum Gasteiger partial charge on any atom is -0.462 e. The topological polar surface area (TPSA) is 169 Å². The Balaban J connectivity index is 1.15. The molecule has 2 aromatic carbocycles. The molecule has 0 spiro atoms. The zero-order valence-electron chi connectivity index (χ0n) is 23.9. The fraction of sp³-hybridized carbons (Fsp3) is 0.467. The first-order valence-electron chi connectivity index (χ1n) is 14.0. The van der Waals surface area contributed by atoms with Gasteiger partial charge in [0, 0.05) is 17.0 Å². The summed E-state index contributed by atoms with van der Waals surface area (Å²) in [5, 5.41) is 48.9. The summed E-state index contributed by atoms with van der Waals surface area (Å²) in [6.07, 6.45) is -7.24.